The minimum absolute atomic E-state index is 0.481. The van der Waals surface area contributed by atoms with Crippen LogP contribution in [0, 0.1) is 6.92 Å². The molecule has 1 amide bonds. The van der Waals surface area contributed by atoms with E-state index in [4.69, 9.17) is 4.74 Å². The van der Waals surface area contributed by atoms with Gasteiger partial charge in [-0.1, -0.05) is 6.07 Å². The highest BCUT2D eigenvalue weighted by atomic mass is 32.1. The standard InChI is InChI=1S/C20H22N4O2S/c1-13-7-8-15(22-19(25)26-20(2,3)4)10-16(13)23-18-24-17(12-27-18)14-6-5-9-21-11-14/h5-12H,1-4H3,(H,22,25)(H,23,24). The number of aryl methyl sites for hydroxylation is 1. The molecule has 0 spiro atoms. The maximum Gasteiger partial charge on any atom is 0.412 e. The number of hydrogen-bond acceptors (Lipinski definition) is 6. The van der Waals surface area contributed by atoms with Crippen molar-refractivity contribution in [1.29, 1.82) is 0 Å². The first-order chi connectivity index (χ1) is 12.8. The van der Waals surface area contributed by atoms with E-state index in [0.29, 0.717) is 5.69 Å². The van der Waals surface area contributed by atoms with Crippen molar-refractivity contribution in [2.75, 3.05) is 10.6 Å². The van der Waals surface area contributed by atoms with Crippen LogP contribution in [0.5, 0.6) is 0 Å². The molecule has 0 aliphatic rings. The largest absolute Gasteiger partial charge is 0.444 e. The summed E-state index contributed by atoms with van der Waals surface area (Å²) in [5.41, 5.74) is 3.87. The number of hydrogen-bond donors (Lipinski definition) is 2. The fourth-order valence-electron chi connectivity index (χ4n) is 2.35. The third kappa shape index (κ3) is 5.27. The molecule has 0 aliphatic carbocycles. The van der Waals surface area contributed by atoms with E-state index in [0.717, 1.165) is 27.6 Å². The Balaban J connectivity index is 1.74. The first-order valence-electron chi connectivity index (χ1n) is 8.54. The van der Waals surface area contributed by atoms with Crippen LogP contribution in [0.4, 0.5) is 21.3 Å². The van der Waals surface area contributed by atoms with Crippen LogP contribution in [0.3, 0.4) is 0 Å². The van der Waals surface area contributed by atoms with Crippen LogP contribution in [0.25, 0.3) is 11.3 Å². The lowest BCUT2D eigenvalue weighted by Crippen LogP contribution is -2.27. The van der Waals surface area contributed by atoms with Crippen LogP contribution >= 0.6 is 11.3 Å². The van der Waals surface area contributed by atoms with E-state index in [-0.39, 0.29) is 0 Å². The molecule has 140 valence electrons. The Morgan fingerprint density at radius 2 is 2.04 bits per heavy atom. The highest BCUT2D eigenvalue weighted by molar-refractivity contribution is 7.14. The normalized spacial score (nSPS) is 11.1. The van der Waals surface area contributed by atoms with Gasteiger partial charge >= 0.3 is 6.09 Å². The van der Waals surface area contributed by atoms with Crippen LogP contribution in [-0.2, 0) is 4.74 Å². The minimum Gasteiger partial charge on any atom is -0.444 e. The number of carbonyl (C=O) groups excluding carboxylic acids is 1. The van der Waals surface area contributed by atoms with E-state index in [1.165, 1.54) is 11.3 Å². The van der Waals surface area contributed by atoms with Crippen molar-refractivity contribution >= 4 is 33.9 Å². The van der Waals surface area contributed by atoms with E-state index < -0.39 is 11.7 Å². The van der Waals surface area contributed by atoms with Gasteiger partial charge in [0.05, 0.1) is 5.69 Å². The summed E-state index contributed by atoms with van der Waals surface area (Å²) in [6.45, 7) is 7.49. The average Bonchev–Trinajstić information content (AvgIpc) is 3.05. The maximum atomic E-state index is 12.0. The number of benzene rings is 1. The average molecular weight is 382 g/mol. The van der Waals surface area contributed by atoms with E-state index in [2.05, 4.69) is 20.6 Å². The molecule has 0 fully saturated rings. The number of ether oxygens (including phenoxy) is 1. The molecule has 0 unspecified atom stereocenters. The van der Waals surface area contributed by atoms with Gasteiger partial charge in [-0.25, -0.2) is 9.78 Å². The molecule has 6 nitrogen and oxygen atoms in total. The van der Waals surface area contributed by atoms with Gasteiger partial charge in [-0.3, -0.25) is 10.3 Å². The quantitative estimate of drug-likeness (QED) is 0.614. The zero-order chi connectivity index (χ0) is 19.4. The number of nitrogens with one attached hydrogen (secondary N) is 2. The number of thiazole rings is 1. The molecule has 2 N–H and O–H groups in total. The Labute approximate surface area is 162 Å². The van der Waals surface area contributed by atoms with Gasteiger partial charge in [0, 0.05) is 34.7 Å². The summed E-state index contributed by atoms with van der Waals surface area (Å²) in [6.07, 6.45) is 3.04. The summed E-state index contributed by atoms with van der Waals surface area (Å²) in [5.74, 6) is 0. The Hall–Kier alpha value is -2.93. The molecule has 0 aliphatic heterocycles. The second kappa shape index (κ2) is 7.75. The Bertz CT molecular complexity index is 933. The smallest absolute Gasteiger partial charge is 0.412 e. The molecule has 2 heterocycles. The fraction of sp³-hybridized carbons (Fsp3) is 0.250. The number of rotatable bonds is 4. The highest BCUT2D eigenvalue weighted by Crippen LogP contribution is 2.29. The summed E-state index contributed by atoms with van der Waals surface area (Å²) in [6, 6.07) is 9.50. The zero-order valence-corrected chi connectivity index (χ0v) is 16.6. The summed E-state index contributed by atoms with van der Waals surface area (Å²) in [7, 11) is 0. The number of pyridine rings is 1. The topological polar surface area (TPSA) is 76.1 Å². The molecule has 2 aromatic heterocycles. The third-order valence-corrected chi connectivity index (χ3v) is 4.34. The van der Waals surface area contributed by atoms with Gasteiger partial charge in [-0.15, -0.1) is 11.3 Å². The molecule has 3 aromatic rings. The van der Waals surface area contributed by atoms with Crippen LogP contribution in [-0.4, -0.2) is 21.7 Å². The lowest BCUT2D eigenvalue weighted by atomic mass is 10.2. The van der Waals surface area contributed by atoms with E-state index in [1.54, 1.807) is 12.4 Å². The van der Waals surface area contributed by atoms with Crippen molar-refractivity contribution in [3.63, 3.8) is 0 Å². The lowest BCUT2D eigenvalue weighted by Gasteiger charge is -2.20. The molecular weight excluding hydrogens is 360 g/mol. The molecule has 0 saturated carbocycles. The number of nitrogens with zero attached hydrogens (tertiary/aromatic N) is 2. The van der Waals surface area contributed by atoms with Crippen molar-refractivity contribution in [1.82, 2.24) is 9.97 Å². The van der Waals surface area contributed by atoms with Crippen molar-refractivity contribution in [2.45, 2.75) is 33.3 Å². The highest BCUT2D eigenvalue weighted by Gasteiger charge is 2.16. The molecule has 0 bridgehead atoms. The van der Waals surface area contributed by atoms with Crippen LogP contribution < -0.4 is 10.6 Å². The van der Waals surface area contributed by atoms with Gasteiger partial charge in [-0.2, -0.15) is 0 Å². The molecule has 3 rings (SSSR count). The van der Waals surface area contributed by atoms with E-state index >= 15 is 0 Å². The predicted molar refractivity (Wildman–Crippen MR) is 110 cm³/mol. The summed E-state index contributed by atoms with van der Waals surface area (Å²) in [5, 5.41) is 8.83. The third-order valence-electron chi connectivity index (χ3n) is 3.59. The molecule has 0 atom stereocenters. The number of amides is 1. The van der Waals surface area contributed by atoms with Crippen molar-refractivity contribution in [3.05, 3.63) is 53.7 Å². The van der Waals surface area contributed by atoms with Gasteiger partial charge < -0.3 is 10.1 Å². The second-order valence-corrected chi connectivity index (χ2v) is 7.92. The minimum atomic E-state index is -0.542. The zero-order valence-electron chi connectivity index (χ0n) is 15.7. The van der Waals surface area contributed by atoms with Gasteiger partial charge in [0.15, 0.2) is 5.13 Å². The summed E-state index contributed by atoms with van der Waals surface area (Å²) >= 11 is 1.51. The van der Waals surface area contributed by atoms with Gasteiger partial charge in [0.25, 0.3) is 0 Å². The second-order valence-electron chi connectivity index (χ2n) is 7.06. The maximum absolute atomic E-state index is 12.0. The van der Waals surface area contributed by atoms with E-state index in [1.807, 2.05) is 63.4 Å². The van der Waals surface area contributed by atoms with Gasteiger partial charge in [-0.05, 0) is 57.5 Å². The number of carbonyl (C=O) groups is 1. The molecule has 27 heavy (non-hydrogen) atoms. The van der Waals surface area contributed by atoms with Crippen molar-refractivity contribution < 1.29 is 9.53 Å². The fourth-order valence-corrected chi connectivity index (χ4v) is 3.08. The SMILES string of the molecule is Cc1ccc(NC(=O)OC(C)(C)C)cc1Nc1nc(-c2cccnc2)cs1. The molecule has 0 saturated heterocycles. The number of anilines is 3. The Morgan fingerprint density at radius 1 is 1.22 bits per heavy atom. The molecular formula is C20H22N4O2S. The first-order valence-corrected chi connectivity index (χ1v) is 9.42. The van der Waals surface area contributed by atoms with Crippen LogP contribution in [0.2, 0.25) is 0 Å². The molecule has 7 heteroatoms. The van der Waals surface area contributed by atoms with Crippen molar-refractivity contribution in [3.8, 4) is 11.3 Å². The lowest BCUT2D eigenvalue weighted by molar-refractivity contribution is 0.0636. The monoisotopic (exact) mass is 382 g/mol. The summed E-state index contributed by atoms with van der Waals surface area (Å²) in [4.78, 5) is 20.7. The van der Waals surface area contributed by atoms with E-state index in [9.17, 15) is 4.79 Å². The van der Waals surface area contributed by atoms with Crippen molar-refractivity contribution in [2.24, 2.45) is 0 Å². The Kier molecular flexibility index (Phi) is 5.41. The van der Waals surface area contributed by atoms with Gasteiger partial charge in [0.1, 0.15) is 5.60 Å². The number of aromatic nitrogens is 2. The van der Waals surface area contributed by atoms with Crippen LogP contribution in [0.1, 0.15) is 26.3 Å². The summed E-state index contributed by atoms with van der Waals surface area (Å²) < 4.78 is 5.30. The van der Waals surface area contributed by atoms with Crippen LogP contribution in [0.15, 0.2) is 48.1 Å². The first kappa shape index (κ1) is 18.8. The molecule has 0 radical (unpaired) electrons. The molecule has 1 aromatic carbocycles. The predicted octanol–water partition coefficient (Wildman–Crippen LogP) is 5.60. The van der Waals surface area contributed by atoms with Gasteiger partial charge in [0.2, 0.25) is 0 Å². The Morgan fingerprint density at radius 3 is 2.74 bits per heavy atom.